The minimum Gasteiger partial charge on any atom is -0.459 e. The molecule has 104 valence electrons. The fraction of sp³-hybridized carbons (Fsp3) is 0.929. The van der Waals surface area contributed by atoms with Gasteiger partial charge in [-0.15, -0.1) is 0 Å². The van der Waals surface area contributed by atoms with Gasteiger partial charge in [-0.3, -0.25) is 9.69 Å². The van der Waals surface area contributed by atoms with Gasteiger partial charge in [-0.25, -0.2) is 0 Å². The maximum absolute atomic E-state index is 11.9. The number of fused-ring (bicyclic) bond motifs is 2. The molecule has 18 heavy (non-hydrogen) atoms. The van der Waals surface area contributed by atoms with Crippen molar-refractivity contribution in [1.29, 1.82) is 0 Å². The summed E-state index contributed by atoms with van der Waals surface area (Å²) in [5.74, 6) is -0.102. The predicted octanol–water partition coefficient (Wildman–Crippen LogP) is 1.67. The van der Waals surface area contributed by atoms with Gasteiger partial charge in [0.05, 0.1) is 6.54 Å². The highest BCUT2D eigenvalue weighted by atomic mass is 16.6. The quantitative estimate of drug-likeness (QED) is 0.762. The molecule has 4 heteroatoms. The molecule has 2 aliphatic heterocycles. The van der Waals surface area contributed by atoms with Crippen LogP contribution in [0.25, 0.3) is 0 Å². The van der Waals surface area contributed by atoms with E-state index in [0.29, 0.717) is 24.7 Å². The highest BCUT2D eigenvalue weighted by Gasteiger charge is 2.38. The Morgan fingerprint density at radius 1 is 1.28 bits per heavy atom. The molecular formula is C14H26N2O2. The van der Waals surface area contributed by atoms with E-state index in [2.05, 4.69) is 4.90 Å². The van der Waals surface area contributed by atoms with Crippen LogP contribution in [0, 0.1) is 0 Å². The summed E-state index contributed by atoms with van der Waals surface area (Å²) in [5.41, 5.74) is 5.69. The van der Waals surface area contributed by atoms with Gasteiger partial charge in [0.15, 0.2) is 0 Å². The van der Waals surface area contributed by atoms with Gasteiger partial charge in [0.1, 0.15) is 5.60 Å². The Bertz CT molecular complexity index is 297. The summed E-state index contributed by atoms with van der Waals surface area (Å²) < 4.78 is 5.42. The number of nitrogens with two attached hydrogens (primary N) is 1. The van der Waals surface area contributed by atoms with Gasteiger partial charge >= 0.3 is 5.97 Å². The first-order valence-electron chi connectivity index (χ1n) is 7.08. The lowest BCUT2D eigenvalue weighted by Gasteiger charge is -2.47. The molecule has 2 heterocycles. The second-order valence-corrected chi connectivity index (χ2v) is 6.73. The molecule has 0 aromatic carbocycles. The van der Waals surface area contributed by atoms with E-state index in [9.17, 15) is 4.79 Å². The molecule has 2 fully saturated rings. The van der Waals surface area contributed by atoms with Crippen LogP contribution in [0.2, 0.25) is 0 Å². The van der Waals surface area contributed by atoms with Crippen LogP contribution >= 0.6 is 0 Å². The lowest BCUT2D eigenvalue weighted by atomic mass is 9.82. The minimum absolute atomic E-state index is 0.102. The van der Waals surface area contributed by atoms with E-state index in [0.717, 1.165) is 12.8 Å². The third-order valence-corrected chi connectivity index (χ3v) is 3.89. The maximum Gasteiger partial charge on any atom is 0.320 e. The van der Waals surface area contributed by atoms with Gasteiger partial charge < -0.3 is 10.5 Å². The van der Waals surface area contributed by atoms with Crippen molar-refractivity contribution in [2.75, 3.05) is 6.54 Å². The van der Waals surface area contributed by atoms with Crippen LogP contribution < -0.4 is 5.73 Å². The Balaban J connectivity index is 1.94. The molecule has 0 radical (unpaired) electrons. The predicted molar refractivity (Wildman–Crippen MR) is 71.2 cm³/mol. The van der Waals surface area contributed by atoms with Crippen LogP contribution in [0.1, 0.15) is 52.9 Å². The zero-order valence-corrected chi connectivity index (χ0v) is 11.8. The van der Waals surface area contributed by atoms with E-state index in [1.165, 1.54) is 19.3 Å². The van der Waals surface area contributed by atoms with Gasteiger partial charge in [0.25, 0.3) is 0 Å². The van der Waals surface area contributed by atoms with Crippen molar-refractivity contribution in [2.45, 2.75) is 76.6 Å². The van der Waals surface area contributed by atoms with Crippen molar-refractivity contribution in [2.24, 2.45) is 5.73 Å². The summed E-state index contributed by atoms with van der Waals surface area (Å²) >= 11 is 0. The van der Waals surface area contributed by atoms with E-state index in [1.807, 2.05) is 20.8 Å². The van der Waals surface area contributed by atoms with Crippen LogP contribution in [0.3, 0.4) is 0 Å². The monoisotopic (exact) mass is 254 g/mol. The topological polar surface area (TPSA) is 55.6 Å². The summed E-state index contributed by atoms with van der Waals surface area (Å²) in [6.45, 7) is 6.17. The van der Waals surface area contributed by atoms with E-state index in [-0.39, 0.29) is 5.97 Å². The molecule has 3 atom stereocenters. The van der Waals surface area contributed by atoms with Gasteiger partial charge in [-0.1, -0.05) is 6.42 Å². The largest absolute Gasteiger partial charge is 0.459 e. The molecule has 2 rings (SSSR count). The molecule has 2 N–H and O–H groups in total. The zero-order chi connectivity index (χ0) is 13.3. The van der Waals surface area contributed by atoms with Gasteiger partial charge in [0, 0.05) is 18.1 Å². The summed E-state index contributed by atoms with van der Waals surface area (Å²) in [4.78, 5) is 14.3. The fourth-order valence-corrected chi connectivity index (χ4v) is 3.30. The minimum atomic E-state index is -0.390. The molecule has 2 saturated heterocycles. The first-order valence-corrected chi connectivity index (χ1v) is 7.08. The average Bonchev–Trinajstić information content (AvgIpc) is 2.16. The third-order valence-electron chi connectivity index (χ3n) is 3.89. The second-order valence-electron chi connectivity index (χ2n) is 6.73. The number of hydrogen-bond acceptors (Lipinski definition) is 4. The summed E-state index contributed by atoms with van der Waals surface area (Å²) in [7, 11) is 0. The van der Waals surface area contributed by atoms with Crippen LogP contribution in [-0.4, -0.2) is 41.1 Å². The van der Waals surface area contributed by atoms with Gasteiger partial charge in [0.2, 0.25) is 0 Å². The molecule has 0 amide bonds. The lowest BCUT2D eigenvalue weighted by molar-refractivity contribution is -0.159. The zero-order valence-electron chi connectivity index (χ0n) is 11.8. The number of ether oxygens (including phenoxy) is 1. The first kappa shape index (κ1) is 13.8. The molecular weight excluding hydrogens is 228 g/mol. The van der Waals surface area contributed by atoms with Crippen LogP contribution in [-0.2, 0) is 9.53 Å². The number of hydrogen-bond donors (Lipinski definition) is 1. The number of nitrogens with zero attached hydrogens (tertiary/aromatic N) is 1. The van der Waals surface area contributed by atoms with Crippen molar-refractivity contribution < 1.29 is 9.53 Å². The van der Waals surface area contributed by atoms with Crippen molar-refractivity contribution in [3.63, 3.8) is 0 Å². The highest BCUT2D eigenvalue weighted by Crippen LogP contribution is 2.33. The Kier molecular flexibility index (Phi) is 3.97. The van der Waals surface area contributed by atoms with Gasteiger partial charge in [-0.05, 0) is 46.5 Å². The maximum atomic E-state index is 11.9. The average molecular weight is 254 g/mol. The SMILES string of the molecule is CC(C)(C)OC(=O)CN1[C@@H]2CCC[C@H]1CC(N)C2. The van der Waals surface area contributed by atoms with E-state index in [1.54, 1.807) is 0 Å². The van der Waals surface area contributed by atoms with E-state index < -0.39 is 5.60 Å². The normalized spacial score (nSPS) is 33.2. The number of esters is 1. The lowest BCUT2D eigenvalue weighted by Crippen LogP contribution is -2.57. The molecule has 2 aliphatic rings. The van der Waals surface area contributed by atoms with Crippen molar-refractivity contribution >= 4 is 5.97 Å². The van der Waals surface area contributed by atoms with Crippen LogP contribution in [0.15, 0.2) is 0 Å². The van der Waals surface area contributed by atoms with E-state index in [4.69, 9.17) is 10.5 Å². The molecule has 0 spiro atoms. The molecule has 0 aromatic rings. The van der Waals surface area contributed by atoms with Crippen molar-refractivity contribution in [3.05, 3.63) is 0 Å². The van der Waals surface area contributed by atoms with Crippen LogP contribution in [0.4, 0.5) is 0 Å². The summed E-state index contributed by atoms with van der Waals surface area (Å²) in [5, 5.41) is 0. The fourth-order valence-electron chi connectivity index (χ4n) is 3.30. The molecule has 1 unspecified atom stereocenters. The first-order chi connectivity index (χ1) is 8.35. The Morgan fingerprint density at radius 2 is 1.83 bits per heavy atom. The van der Waals surface area contributed by atoms with E-state index >= 15 is 0 Å². The number of carbonyl (C=O) groups excluding carboxylic acids is 1. The molecule has 0 saturated carbocycles. The molecule has 2 bridgehead atoms. The Hall–Kier alpha value is -0.610. The smallest absolute Gasteiger partial charge is 0.320 e. The Morgan fingerprint density at radius 3 is 2.33 bits per heavy atom. The Labute approximate surface area is 110 Å². The van der Waals surface area contributed by atoms with Gasteiger partial charge in [-0.2, -0.15) is 0 Å². The number of rotatable bonds is 2. The van der Waals surface area contributed by atoms with Crippen LogP contribution in [0.5, 0.6) is 0 Å². The summed E-state index contributed by atoms with van der Waals surface area (Å²) in [6, 6.07) is 1.29. The number of carbonyl (C=O) groups is 1. The molecule has 4 nitrogen and oxygen atoms in total. The third kappa shape index (κ3) is 3.45. The number of piperidine rings is 2. The highest BCUT2D eigenvalue weighted by molar-refractivity contribution is 5.72. The standard InChI is InChI=1S/C14H26N2O2/c1-14(2,3)18-13(17)9-16-11-5-4-6-12(16)8-10(15)7-11/h10-12H,4-9,15H2,1-3H3/t10?,11-,12+. The molecule has 0 aromatic heterocycles. The van der Waals surface area contributed by atoms with Crippen molar-refractivity contribution in [3.8, 4) is 0 Å². The van der Waals surface area contributed by atoms with Crippen molar-refractivity contribution in [1.82, 2.24) is 4.90 Å². The molecule has 0 aliphatic carbocycles. The summed E-state index contributed by atoms with van der Waals surface area (Å²) in [6.07, 6.45) is 5.67. The second kappa shape index (κ2) is 5.17.